The van der Waals surface area contributed by atoms with Crippen LogP contribution in [-0.2, 0) is 16.1 Å². The first-order valence-electron chi connectivity index (χ1n) is 10.9. The Labute approximate surface area is 210 Å². The monoisotopic (exact) mass is 503 g/mol. The average Bonchev–Trinajstić information content (AvgIpc) is 3.12. The van der Waals surface area contributed by atoms with E-state index >= 15 is 0 Å². The van der Waals surface area contributed by atoms with Gasteiger partial charge in [0.2, 0.25) is 0 Å². The van der Waals surface area contributed by atoms with Gasteiger partial charge in [-0.25, -0.2) is 0 Å². The molecule has 1 aliphatic heterocycles. The van der Waals surface area contributed by atoms with Crippen molar-refractivity contribution >= 4 is 46.3 Å². The molecular weight excluding hydrogens is 482 g/mol. The number of nitro benzene ring substituents is 1. The molecule has 3 amide bonds. The van der Waals surface area contributed by atoms with E-state index in [2.05, 4.69) is 5.32 Å². The van der Waals surface area contributed by atoms with Gasteiger partial charge in [-0.15, -0.1) is 0 Å². The molecule has 36 heavy (non-hydrogen) atoms. The van der Waals surface area contributed by atoms with E-state index in [0.717, 1.165) is 27.9 Å². The van der Waals surface area contributed by atoms with Crippen LogP contribution < -0.4 is 10.1 Å². The Morgan fingerprint density at radius 1 is 1.06 bits per heavy atom. The molecule has 3 aromatic rings. The second-order valence-electron chi connectivity index (χ2n) is 7.87. The summed E-state index contributed by atoms with van der Waals surface area (Å²) in [5.74, 6) is -0.339. The minimum atomic E-state index is -0.541. The van der Waals surface area contributed by atoms with Gasteiger partial charge in [-0.05, 0) is 54.1 Å². The Morgan fingerprint density at radius 2 is 1.75 bits per heavy atom. The number of carbonyl (C=O) groups is 3. The van der Waals surface area contributed by atoms with Crippen LogP contribution in [0.2, 0.25) is 0 Å². The summed E-state index contributed by atoms with van der Waals surface area (Å²) in [5, 5.41) is 13.5. The van der Waals surface area contributed by atoms with Crippen LogP contribution in [0.4, 0.5) is 16.2 Å². The van der Waals surface area contributed by atoms with E-state index in [9.17, 15) is 24.5 Å². The first-order valence-corrected chi connectivity index (χ1v) is 11.7. The summed E-state index contributed by atoms with van der Waals surface area (Å²) in [6.45, 7) is 1.55. The van der Waals surface area contributed by atoms with E-state index in [1.807, 2.05) is 31.2 Å². The molecule has 3 aromatic carbocycles. The van der Waals surface area contributed by atoms with Crippen LogP contribution >= 0.6 is 11.8 Å². The average molecular weight is 504 g/mol. The first-order chi connectivity index (χ1) is 17.3. The number of hydrogen-bond acceptors (Lipinski definition) is 7. The maximum absolute atomic E-state index is 12.8. The summed E-state index contributed by atoms with van der Waals surface area (Å²) in [5.41, 5.74) is 2.45. The van der Waals surface area contributed by atoms with Gasteiger partial charge in [-0.2, -0.15) is 0 Å². The lowest BCUT2D eigenvalue weighted by molar-refractivity contribution is -0.385. The third-order valence-corrected chi connectivity index (χ3v) is 6.26. The quantitative estimate of drug-likeness (QED) is 0.256. The molecule has 9 nitrogen and oxygen atoms in total. The number of amides is 3. The van der Waals surface area contributed by atoms with Crippen LogP contribution in [0.5, 0.6) is 5.75 Å². The Bertz CT molecular complexity index is 1370. The molecule has 1 fully saturated rings. The Kier molecular flexibility index (Phi) is 7.45. The lowest BCUT2D eigenvalue weighted by Gasteiger charge is -2.12. The Balaban J connectivity index is 1.37. The van der Waals surface area contributed by atoms with Crippen molar-refractivity contribution < 1.29 is 24.0 Å². The van der Waals surface area contributed by atoms with E-state index in [0.29, 0.717) is 11.3 Å². The van der Waals surface area contributed by atoms with Crippen LogP contribution in [0.1, 0.15) is 16.7 Å². The minimum absolute atomic E-state index is 0.149. The molecule has 1 heterocycles. The third-order valence-electron chi connectivity index (χ3n) is 5.36. The molecule has 0 aromatic heterocycles. The van der Waals surface area contributed by atoms with Gasteiger partial charge in [0.05, 0.1) is 16.4 Å². The van der Waals surface area contributed by atoms with E-state index < -0.39 is 16.1 Å². The van der Waals surface area contributed by atoms with Crippen molar-refractivity contribution in [2.24, 2.45) is 0 Å². The maximum Gasteiger partial charge on any atom is 0.293 e. The lowest BCUT2D eigenvalue weighted by atomic mass is 10.1. The van der Waals surface area contributed by atoms with Crippen LogP contribution in [0.3, 0.4) is 0 Å². The normalized spacial score (nSPS) is 14.2. The number of nitrogens with zero attached hydrogens (tertiary/aromatic N) is 2. The van der Waals surface area contributed by atoms with Crippen LogP contribution in [0, 0.1) is 17.0 Å². The van der Waals surface area contributed by atoms with Crippen LogP contribution in [0.15, 0.2) is 77.7 Å². The largest absolute Gasteiger partial charge is 0.484 e. The standard InChI is InChI=1S/C26H21N3O6S/c1-17-6-2-4-8-21(17)27-24(30)16-35-20-12-10-18(11-13-20)14-23-25(31)28(26(32)36-23)15-19-7-3-5-9-22(19)29(33)34/h2-14H,15-16H2,1H3,(H,27,30)/b23-14+. The molecule has 0 saturated carbocycles. The summed E-state index contributed by atoms with van der Waals surface area (Å²) in [4.78, 5) is 49.3. The molecule has 0 bridgehead atoms. The highest BCUT2D eigenvalue weighted by Crippen LogP contribution is 2.34. The number of anilines is 1. The Hall–Kier alpha value is -4.44. The Morgan fingerprint density at radius 3 is 2.47 bits per heavy atom. The number of benzene rings is 3. The summed E-state index contributed by atoms with van der Waals surface area (Å²) >= 11 is 0.775. The molecule has 0 unspecified atom stereocenters. The van der Waals surface area contributed by atoms with Crippen molar-refractivity contribution in [1.29, 1.82) is 0 Å². The molecule has 0 atom stereocenters. The highest BCUT2D eigenvalue weighted by atomic mass is 32.2. The van der Waals surface area contributed by atoms with Gasteiger partial charge in [-0.1, -0.05) is 48.5 Å². The summed E-state index contributed by atoms with van der Waals surface area (Å²) in [6, 6.07) is 20.1. The van der Waals surface area contributed by atoms with Gasteiger partial charge < -0.3 is 10.1 Å². The molecule has 10 heteroatoms. The summed E-state index contributed by atoms with van der Waals surface area (Å²) in [7, 11) is 0. The SMILES string of the molecule is Cc1ccccc1NC(=O)COc1ccc(/C=C2/SC(=O)N(Cc3ccccc3[N+](=O)[O-])C2=O)cc1. The number of rotatable bonds is 8. The van der Waals surface area contributed by atoms with Crippen molar-refractivity contribution in [2.75, 3.05) is 11.9 Å². The fraction of sp³-hybridized carbons (Fsp3) is 0.115. The van der Waals surface area contributed by atoms with Crippen molar-refractivity contribution in [3.63, 3.8) is 0 Å². The second kappa shape index (κ2) is 10.9. The van der Waals surface area contributed by atoms with Gasteiger partial charge in [0.15, 0.2) is 6.61 Å². The van der Waals surface area contributed by atoms with E-state index in [-0.39, 0.29) is 35.2 Å². The molecule has 0 spiro atoms. The zero-order valence-corrected chi connectivity index (χ0v) is 20.0. The maximum atomic E-state index is 12.8. The number of nitrogens with one attached hydrogen (secondary N) is 1. The van der Waals surface area contributed by atoms with Crippen LogP contribution in [-0.4, -0.2) is 33.5 Å². The molecule has 1 aliphatic rings. The zero-order valence-electron chi connectivity index (χ0n) is 19.2. The predicted octanol–water partition coefficient (Wildman–Crippen LogP) is 5.16. The van der Waals surface area contributed by atoms with E-state index in [1.165, 1.54) is 18.2 Å². The summed E-state index contributed by atoms with van der Waals surface area (Å²) in [6.07, 6.45) is 1.57. The number of para-hydroxylation sites is 2. The highest BCUT2D eigenvalue weighted by Gasteiger charge is 2.36. The number of hydrogen-bond donors (Lipinski definition) is 1. The second-order valence-corrected chi connectivity index (χ2v) is 8.87. The van der Waals surface area contributed by atoms with Crippen molar-refractivity contribution in [3.05, 3.63) is 105 Å². The zero-order chi connectivity index (χ0) is 25.7. The van der Waals surface area contributed by atoms with Gasteiger partial charge in [0.1, 0.15) is 5.75 Å². The predicted molar refractivity (Wildman–Crippen MR) is 136 cm³/mol. The summed E-state index contributed by atoms with van der Waals surface area (Å²) < 4.78 is 5.53. The number of thioether (sulfide) groups is 1. The molecule has 0 aliphatic carbocycles. The van der Waals surface area contributed by atoms with Crippen molar-refractivity contribution in [2.45, 2.75) is 13.5 Å². The molecule has 0 radical (unpaired) electrons. The van der Waals surface area contributed by atoms with Crippen molar-refractivity contribution in [3.8, 4) is 5.75 Å². The smallest absolute Gasteiger partial charge is 0.293 e. The van der Waals surface area contributed by atoms with Crippen LogP contribution in [0.25, 0.3) is 6.08 Å². The van der Waals surface area contributed by atoms with Gasteiger partial charge >= 0.3 is 0 Å². The van der Waals surface area contributed by atoms with Gasteiger partial charge in [0.25, 0.3) is 22.7 Å². The van der Waals surface area contributed by atoms with Gasteiger partial charge in [-0.3, -0.25) is 29.4 Å². The molecule has 1 saturated heterocycles. The molecule has 4 rings (SSSR count). The topological polar surface area (TPSA) is 119 Å². The fourth-order valence-electron chi connectivity index (χ4n) is 3.49. The fourth-order valence-corrected chi connectivity index (χ4v) is 4.33. The number of aryl methyl sites for hydroxylation is 1. The number of carbonyl (C=O) groups excluding carboxylic acids is 3. The molecular formula is C26H21N3O6S. The third kappa shape index (κ3) is 5.78. The lowest BCUT2D eigenvalue weighted by Crippen LogP contribution is -2.27. The van der Waals surface area contributed by atoms with Gasteiger partial charge in [0, 0.05) is 17.3 Å². The number of ether oxygens (including phenoxy) is 1. The van der Waals surface area contributed by atoms with Crippen molar-refractivity contribution in [1.82, 2.24) is 4.90 Å². The molecule has 182 valence electrons. The minimum Gasteiger partial charge on any atom is -0.484 e. The number of nitro groups is 1. The molecule has 1 N–H and O–H groups in total. The van der Waals surface area contributed by atoms with E-state index in [4.69, 9.17) is 4.74 Å². The van der Waals surface area contributed by atoms with E-state index in [1.54, 1.807) is 36.4 Å². The highest BCUT2D eigenvalue weighted by molar-refractivity contribution is 8.18. The number of imide groups is 1. The first kappa shape index (κ1) is 24.7.